The smallest absolute Gasteiger partial charge is 0.0842 e. The second kappa shape index (κ2) is 2.46. The summed E-state index contributed by atoms with van der Waals surface area (Å²) in [5.74, 6) is 0. The summed E-state index contributed by atoms with van der Waals surface area (Å²) in [6, 6.07) is 0.693. The maximum absolute atomic E-state index is 5.62. The molecule has 64 valence electrons. The van der Waals surface area contributed by atoms with Crippen molar-refractivity contribution in [3.8, 4) is 0 Å². The number of nitrogens with zero attached hydrogens (tertiary/aromatic N) is 1. The molecule has 2 rings (SSSR count). The average Bonchev–Trinajstić information content (AvgIpc) is 2.28. The Kier molecular flexibility index (Phi) is 1.69. The van der Waals surface area contributed by atoms with Gasteiger partial charge in [-0.1, -0.05) is 0 Å². The van der Waals surface area contributed by atoms with Gasteiger partial charge >= 0.3 is 0 Å². The average molecular weight is 155 g/mol. The Morgan fingerprint density at radius 3 is 2.36 bits per heavy atom. The van der Waals surface area contributed by atoms with Crippen molar-refractivity contribution >= 4 is 0 Å². The van der Waals surface area contributed by atoms with Crippen molar-refractivity contribution in [2.75, 3.05) is 19.7 Å². The molecule has 0 aromatic heterocycles. The van der Waals surface area contributed by atoms with Crippen molar-refractivity contribution in [2.45, 2.75) is 38.3 Å². The Hall–Kier alpha value is -0.0800. The fraction of sp³-hybridized carbons (Fsp3) is 1.00. The molecule has 0 aliphatic carbocycles. The van der Waals surface area contributed by atoms with E-state index in [4.69, 9.17) is 4.74 Å². The highest BCUT2D eigenvalue weighted by molar-refractivity contribution is 4.97. The van der Waals surface area contributed by atoms with Crippen molar-refractivity contribution < 1.29 is 4.74 Å². The van der Waals surface area contributed by atoms with Gasteiger partial charge in [-0.05, 0) is 20.3 Å². The van der Waals surface area contributed by atoms with Crippen molar-refractivity contribution in [1.82, 2.24) is 4.90 Å². The molecule has 0 aromatic rings. The summed E-state index contributed by atoms with van der Waals surface area (Å²) < 4.78 is 5.62. The second-order valence-corrected chi connectivity index (χ2v) is 4.10. The highest BCUT2D eigenvalue weighted by Crippen LogP contribution is 2.36. The van der Waals surface area contributed by atoms with E-state index in [1.165, 1.54) is 25.9 Å². The molecule has 11 heavy (non-hydrogen) atoms. The molecule has 1 atom stereocenters. The fourth-order valence-corrected chi connectivity index (χ4v) is 2.03. The van der Waals surface area contributed by atoms with E-state index >= 15 is 0 Å². The highest BCUT2D eigenvalue weighted by atomic mass is 16.5. The zero-order valence-corrected chi connectivity index (χ0v) is 7.47. The highest BCUT2D eigenvalue weighted by Gasteiger charge is 2.44. The molecule has 2 aliphatic rings. The Bertz CT molecular complexity index is 152. The molecule has 0 amide bonds. The van der Waals surface area contributed by atoms with Gasteiger partial charge in [0.25, 0.3) is 0 Å². The van der Waals surface area contributed by atoms with E-state index in [-0.39, 0.29) is 0 Å². The molecular weight excluding hydrogens is 138 g/mol. The van der Waals surface area contributed by atoms with Crippen LogP contribution in [0.4, 0.5) is 0 Å². The summed E-state index contributed by atoms with van der Waals surface area (Å²) >= 11 is 0. The predicted octanol–water partition coefficient (Wildman–Crippen LogP) is 1.26. The van der Waals surface area contributed by atoms with Gasteiger partial charge in [-0.2, -0.15) is 0 Å². The first-order chi connectivity index (χ1) is 5.22. The first-order valence-electron chi connectivity index (χ1n) is 4.60. The topological polar surface area (TPSA) is 12.5 Å². The van der Waals surface area contributed by atoms with Gasteiger partial charge in [0, 0.05) is 25.6 Å². The molecule has 0 aromatic carbocycles. The summed E-state index contributed by atoms with van der Waals surface area (Å²) in [5.41, 5.74) is 0.296. The lowest BCUT2D eigenvalue weighted by Gasteiger charge is -2.38. The van der Waals surface area contributed by atoms with Gasteiger partial charge in [-0.25, -0.2) is 0 Å². The molecule has 0 N–H and O–H groups in total. The molecule has 1 spiro atoms. The molecule has 2 heteroatoms. The lowest BCUT2D eigenvalue weighted by atomic mass is 9.94. The molecule has 2 aliphatic heterocycles. The Morgan fingerprint density at radius 1 is 1.36 bits per heavy atom. The van der Waals surface area contributed by atoms with Crippen LogP contribution in [-0.2, 0) is 4.74 Å². The van der Waals surface area contributed by atoms with Gasteiger partial charge in [-0.15, -0.1) is 0 Å². The van der Waals surface area contributed by atoms with Crippen LogP contribution in [0.25, 0.3) is 0 Å². The molecule has 2 saturated heterocycles. The van der Waals surface area contributed by atoms with Gasteiger partial charge in [-0.3, -0.25) is 4.90 Å². The molecule has 0 bridgehead atoms. The van der Waals surface area contributed by atoms with Crippen LogP contribution in [-0.4, -0.2) is 36.2 Å². The maximum Gasteiger partial charge on any atom is 0.0842 e. The van der Waals surface area contributed by atoms with Crippen LogP contribution in [0.3, 0.4) is 0 Å². The third-order valence-electron chi connectivity index (χ3n) is 3.04. The fourth-order valence-electron chi connectivity index (χ4n) is 2.03. The predicted molar refractivity (Wildman–Crippen MR) is 44.6 cm³/mol. The molecular formula is C9H17NO. The minimum absolute atomic E-state index is 0.296. The van der Waals surface area contributed by atoms with Crippen molar-refractivity contribution in [2.24, 2.45) is 0 Å². The third kappa shape index (κ3) is 1.18. The monoisotopic (exact) mass is 155 g/mol. The van der Waals surface area contributed by atoms with E-state index in [9.17, 15) is 0 Å². The van der Waals surface area contributed by atoms with E-state index in [0.717, 1.165) is 6.61 Å². The van der Waals surface area contributed by atoms with Gasteiger partial charge < -0.3 is 4.74 Å². The maximum atomic E-state index is 5.62. The Balaban J connectivity index is 1.93. The summed E-state index contributed by atoms with van der Waals surface area (Å²) in [6.07, 6.45) is 2.54. The number of hydrogen-bond donors (Lipinski definition) is 0. The molecule has 0 unspecified atom stereocenters. The molecule has 2 heterocycles. The summed E-state index contributed by atoms with van der Waals surface area (Å²) in [4.78, 5) is 2.51. The van der Waals surface area contributed by atoms with Crippen molar-refractivity contribution in [3.63, 3.8) is 0 Å². The molecule has 2 nitrogen and oxygen atoms in total. The van der Waals surface area contributed by atoms with Crippen LogP contribution in [0.1, 0.15) is 26.7 Å². The lowest BCUT2D eigenvalue weighted by Crippen LogP contribution is -2.46. The standard InChI is InChI=1S/C9H17NO/c1-8(2)10-5-3-9(7-10)4-6-11-9/h8H,3-7H2,1-2H3/t9-/m1/s1. The van der Waals surface area contributed by atoms with Gasteiger partial charge in [0.15, 0.2) is 0 Å². The zero-order valence-electron chi connectivity index (χ0n) is 7.47. The van der Waals surface area contributed by atoms with Crippen LogP contribution < -0.4 is 0 Å². The largest absolute Gasteiger partial charge is 0.373 e. The Morgan fingerprint density at radius 2 is 2.09 bits per heavy atom. The number of hydrogen-bond acceptors (Lipinski definition) is 2. The van der Waals surface area contributed by atoms with E-state index in [0.29, 0.717) is 11.6 Å². The SMILES string of the molecule is CC(C)N1CC[C@@]2(CCO2)C1. The van der Waals surface area contributed by atoms with E-state index in [1.54, 1.807) is 0 Å². The lowest BCUT2D eigenvalue weighted by molar-refractivity contribution is -0.138. The normalized spacial score (nSPS) is 38.5. The number of rotatable bonds is 1. The number of likely N-dealkylation sites (tertiary alicyclic amines) is 1. The quantitative estimate of drug-likeness (QED) is 0.565. The van der Waals surface area contributed by atoms with Crippen molar-refractivity contribution in [1.29, 1.82) is 0 Å². The van der Waals surface area contributed by atoms with Crippen LogP contribution in [0.5, 0.6) is 0 Å². The van der Waals surface area contributed by atoms with Gasteiger partial charge in [0.1, 0.15) is 0 Å². The molecule has 0 saturated carbocycles. The van der Waals surface area contributed by atoms with Crippen LogP contribution >= 0.6 is 0 Å². The Labute approximate surface area is 68.5 Å². The number of ether oxygens (including phenoxy) is 1. The summed E-state index contributed by atoms with van der Waals surface area (Å²) in [6.45, 7) is 7.92. The molecule has 0 radical (unpaired) electrons. The third-order valence-corrected chi connectivity index (χ3v) is 3.04. The summed E-state index contributed by atoms with van der Waals surface area (Å²) in [7, 11) is 0. The first-order valence-corrected chi connectivity index (χ1v) is 4.60. The summed E-state index contributed by atoms with van der Waals surface area (Å²) in [5, 5.41) is 0. The van der Waals surface area contributed by atoms with Crippen LogP contribution in [0.15, 0.2) is 0 Å². The van der Waals surface area contributed by atoms with E-state index in [1.807, 2.05) is 0 Å². The molecule has 2 fully saturated rings. The van der Waals surface area contributed by atoms with Crippen LogP contribution in [0, 0.1) is 0 Å². The zero-order chi connectivity index (χ0) is 7.90. The van der Waals surface area contributed by atoms with E-state index in [2.05, 4.69) is 18.7 Å². The van der Waals surface area contributed by atoms with Gasteiger partial charge in [0.2, 0.25) is 0 Å². The minimum Gasteiger partial charge on any atom is -0.373 e. The van der Waals surface area contributed by atoms with Crippen molar-refractivity contribution in [3.05, 3.63) is 0 Å². The van der Waals surface area contributed by atoms with Gasteiger partial charge in [0.05, 0.1) is 12.2 Å². The first kappa shape index (κ1) is 7.56. The minimum atomic E-state index is 0.296. The van der Waals surface area contributed by atoms with Crippen LogP contribution in [0.2, 0.25) is 0 Å². The second-order valence-electron chi connectivity index (χ2n) is 4.10. The van der Waals surface area contributed by atoms with E-state index < -0.39 is 0 Å².